The molecule has 0 heterocycles. The smallest absolute Gasteiger partial charge is 0.244 e. The minimum atomic E-state index is -3.80. The summed E-state index contributed by atoms with van der Waals surface area (Å²) in [6.07, 6.45) is 1.40. The molecule has 0 spiro atoms. The molecule has 2 rings (SSSR count). The van der Waals surface area contributed by atoms with Crippen molar-refractivity contribution in [3.63, 3.8) is 0 Å². The molecule has 1 atom stereocenters. The van der Waals surface area contributed by atoms with Gasteiger partial charge in [0.15, 0.2) is 0 Å². The lowest BCUT2D eigenvalue weighted by atomic mass is 10.1. The molecule has 0 fully saturated rings. The number of para-hydroxylation sites is 1. The Morgan fingerprint density at radius 2 is 1.68 bits per heavy atom. The number of hydrogen-bond donors (Lipinski definition) is 1. The monoisotopic (exact) mass is 527 g/mol. The lowest BCUT2D eigenvalue weighted by Crippen LogP contribution is -2.52. The van der Waals surface area contributed by atoms with E-state index in [1.54, 1.807) is 58.0 Å². The van der Waals surface area contributed by atoms with Crippen LogP contribution in [0, 0.1) is 13.8 Å². The van der Waals surface area contributed by atoms with Crippen molar-refractivity contribution in [1.82, 2.24) is 10.2 Å². The third-order valence-corrected chi connectivity index (χ3v) is 7.16. The maximum Gasteiger partial charge on any atom is 0.244 e. The van der Waals surface area contributed by atoms with Crippen LogP contribution < -0.4 is 9.62 Å². The van der Waals surface area contributed by atoms with Crippen LogP contribution in [-0.4, -0.2) is 50.5 Å². The highest BCUT2D eigenvalue weighted by molar-refractivity contribution is 7.92. The van der Waals surface area contributed by atoms with Crippen molar-refractivity contribution in [2.24, 2.45) is 0 Å². The molecule has 0 saturated carbocycles. The number of amides is 2. The average molecular weight is 529 g/mol. The largest absolute Gasteiger partial charge is 0.355 e. The Balaban J connectivity index is 2.53. The van der Waals surface area contributed by atoms with Crippen LogP contribution in [0.5, 0.6) is 0 Å². The Morgan fingerprint density at radius 1 is 1.06 bits per heavy atom. The van der Waals surface area contributed by atoms with Gasteiger partial charge in [-0.25, -0.2) is 8.42 Å². The van der Waals surface area contributed by atoms with Crippen molar-refractivity contribution in [2.45, 2.75) is 46.7 Å². The Labute approximate surface area is 212 Å². The Morgan fingerprint density at radius 3 is 2.18 bits per heavy atom. The molecule has 7 nitrogen and oxygen atoms in total. The number of rotatable bonds is 10. The van der Waals surface area contributed by atoms with E-state index >= 15 is 0 Å². The fourth-order valence-electron chi connectivity index (χ4n) is 3.82. The van der Waals surface area contributed by atoms with E-state index in [0.717, 1.165) is 21.7 Å². The second-order valence-electron chi connectivity index (χ2n) is 8.09. The summed E-state index contributed by atoms with van der Waals surface area (Å²) in [6.45, 7) is 7.14. The van der Waals surface area contributed by atoms with Gasteiger partial charge in [-0.2, -0.15) is 0 Å². The van der Waals surface area contributed by atoms with Crippen molar-refractivity contribution >= 4 is 50.7 Å². The zero-order valence-corrected chi connectivity index (χ0v) is 22.4. The molecular formula is C24H31Cl2N3O4S. The van der Waals surface area contributed by atoms with Gasteiger partial charge >= 0.3 is 0 Å². The van der Waals surface area contributed by atoms with E-state index in [4.69, 9.17) is 23.2 Å². The van der Waals surface area contributed by atoms with Crippen LogP contribution in [0.25, 0.3) is 0 Å². The van der Waals surface area contributed by atoms with E-state index in [-0.39, 0.29) is 12.5 Å². The summed E-state index contributed by atoms with van der Waals surface area (Å²) >= 11 is 12.4. The molecule has 1 N–H and O–H groups in total. The Kier molecular flexibility index (Phi) is 9.79. The van der Waals surface area contributed by atoms with Gasteiger partial charge in [0, 0.05) is 23.1 Å². The van der Waals surface area contributed by atoms with E-state index < -0.39 is 28.5 Å². The summed E-state index contributed by atoms with van der Waals surface area (Å²) < 4.78 is 26.6. The van der Waals surface area contributed by atoms with Gasteiger partial charge in [0.2, 0.25) is 21.8 Å². The average Bonchev–Trinajstić information content (AvgIpc) is 2.73. The van der Waals surface area contributed by atoms with Gasteiger partial charge in [-0.1, -0.05) is 54.4 Å². The highest BCUT2D eigenvalue weighted by Crippen LogP contribution is 2.28. The molecule has 2 aromatic carbocycles. The Hall–Kier alpha value is -2.29. The molecule has 0 aromatic heterocycles. The van der Waals surface area contributed by atoms with Crippen LogP contribution in [0.3, 0.4) is 0 Å². The number of aryl methyl sites for hydroxylation is 2. The van der Waals surface area contributed by atoms with Gasteiger partial charge in [-0.15, -0.1) is 0 Å². The molecule has 34 heavy (non-hydrogen) atoms. The number of benzene rings is 2. The van der Waals surface area contributed by atoms with Crippen LogP contribution in [0.2, 0.25) is 10.0 Å². The van der Waals surface area contributed by atoms with Crippen LogP contribution in [0.1, 0.15) is 37.0 Å². The molecule has 2 aromatic rings. The number of likely N-dealkylation sites (N-methyl/N-ethyl adjacent to an activating group) is 1. The van der Waals surface area contributed by atoms with Crippen LogP contribution in [-0.2, 0) is 26.2 Å². The van der Waals surface area contributed by atoms with Crippen molar-refractivity contribution in [2.75, 3.05) is 23.7 Å². The SMILES string of the molecule is CCNC(=O)[C@@H](CC)N(Cc1ccc(Cl)cc1Cl)C(=O)CN(c1c(C)cccc1C)S(C)(=O)=O. The summed E-state index contributed by atoms with van der Waals surface area (Å²) in [5.41, 5.74) is 2.50. The third-order valence-electron chi connectivity index (χ3n) is 5.46. The number of carbonyl (C=O) groups excluding carboxylic acids is 2. The topological polar surface area (TPSA) is 86.8 Å². The predicted octanol–water partition coefficient (Wildman–Crippen LogP) is 4.32. The summed E-state index contributed by atoms with van der Waals surface area (Å²) in [5, 5.41) is 3.55. The van der Waals surface area contributed by atoms with Gasteiger partial charge in [-0.05, 0) is 56.0 Å². The summed E-state index contributed by atoms with van der Waals surface area (Å²) in [6, 6.07) is 9.51. The minimum Gasteiger partial charge on any atom is -0.355 e. The summed E-state index contributed by atoms with van der Waals surface area (Å²) in [5.74, 6) is -0.835. The number of anilines is 1. The maximum absolute atomic E-state index is 13.7. The molecule has 0 unspecified atom stereocenters. The number of nitrogens with zero attached hydrogens (tertiary/aromatic N) is 2. The summed E-state index contributed by atoms with van der Waals surface area (Å²) in [4.78, 5) is 27.9. The van der Waals surface area contributed by atoms with E-state index in [9.17, 15) is 18.0 Å². The van der Waals surface area contributed by atoms with Crippen molar-refractivity contribution in [1.29, 1.82) is 0 Å². The van der Waals surface area contributed by atoms with Gasteiger partial charge in [0.05, 0.1) is 11.9 Å². The maximum atomic E-state index is 13.7. The zero-order valence-electron chi connectivity index (χ0n) is 20.1. The molecule has 0 saturated heterocycles. The van der Waals surface area contributed by atoms with E-state index in [1.165, 1.54) is 4.90 Å². The fraction of sp³-hybridized carbons (Fsp3) is 0.417. The molecule has 0 aliphatic heterocycles. The van der Waals surface area contributed by atoms with E-state index in [2.05, 4.69) is 5.32 Å². The molecule has 0 aliphatic rings. The quantitative estimate of drug-likeness (QED) is 0.498. The molecule has 2 amide bonds. The van der Waals surface area contributed by atoms with Crippen molar-refractivity contribution in [3.8, 4) is 0 Å². The zero-order chi connectivity index (χ0) is 25.6. The van der Waals surface area contributed by atoms with Crippen LogP contribution >= 0.6 is 23.2 Å². The minimum absolute atomic E-state index is 0.0227. The van der Waals surface area contributed by atoms with Crippen molar-refractivity contribution in [3.05, 3.63) is 63.1 Å². The predicted molar refractivity (Wildman–Crippen MR) is 138 cm³/mol. The number of sulfonamides is 1. The van der Waals surface area contributed by atoms with Gasteiger partial charge in [0.25, 0.3) is 0 Å². The van der Waals surface area contributed by atoms with E-state index in [1.807, 2.05) is 6.07 Å². The first-order valence-corrected chi connectivity index (χ1v) is 13.6. The molecule has 0 radical (unpaired) electrons. The molecular weight excluding hydrogens is 497 g/mol. The first kappa shape index (κ1) is 28.0. The highest BCUT2D eigenvalue weighted by Gasteiger charge is 2.32. The lowest BCUT2D eigenvalue weighted by molar-refractivity contribution is -0.140. The van der Waals surface area contributed by atoms with Crippen LogP contribution in [0.15, 0.2) is 36.4 Å². The van der Waals surface area contributed by atoms with E-state index in [0.29, 0.717) is 34.3 Å². The Bertz CT molecular complexity index is 1130. The molecule has 10 heteroatoms. The number of hydrogen-bond acceptors (Lipinski definition) is 4. The van der Waals surface area contributed by atoms with Gasteiger partial charge < -0.3 is 10.2 Å². The first-order chi connectivity index (χ1) is 15.9. The van der Waals surface area contributed by atoms with Crippen molar-refractivity contribution < 1.29 is 18.0 Å². The highest BCUT2D eigenvalue weighted by atomic mass is 35.5. The number of halogens is 2. The third kappa shape index (κ3) is 6.87. The summed E-state index contributed by atoms with van der Waals surface area (Å²) in [7, 11) is -3.80. The normalized spacial score (nSPS) is 12.2. The lowest BCUT2D eigenvalue weighted by Gasteiger charge is -2.33. The fourth-order valence-corrected chi connectivity index (χ4v) is 5.25. The van der Waals surface area contributed by atoms with Gasteiger partial charge in [0.1, 0.15) is 12.6 Å². The molecule has 0 aliphatic carbocycles. The van der Waals surface area contributed by atoms with Gasteiger partial charge in [-0.3, -0.25) is 13.9 Å². The van der Waals surface area contributed by atoms with Crippen LogP contribution in [0.4, 0.5) is 5.69 Å². The number of nitrogens with one attached hydrogen (secondary N) is 1. The standard InChI is InChI=1S/C24H31Cl2N3O4S/c1-6-21(24(31)27-7-2)28(14-18-11-12-19(25)13-20(18)26)22(30)15-29(34(5,32)33)23-16(3)9-8-10-17(23)4/h8-13,21H,6-7,14-15H2,1-5H3,(H,27,31)/t21-/m1/s1. The molecule has 186 valence electrons. The second-order valence-corrected chi connectivity index (χ2v) is 10.8. The first-order valence-electron chi connectivity index (χ1n) is 11.0. The molecule has 0 bridgehead atoms. The number of carbonyl (C=O) groups is 2. The second kappa shape index (κ2) is 11.9.